The highest BCUT2D eigenvalue weighted by Gasteiger charge is 2.20. The highest BCUT2D eigenvalue weighted by atomic mass is 19.1. The van der Waals surface area contributed by atoms with E-state index in [0.717, 1.165) is 12.8 Å². The zero-order valence-electron chi connectivity index (χ0n) is 11.2. The molecule has 1 N–H and O–H groups in total. The largest absolute Gasteiger partial charge is 0.389 e. The van der Waals surface area contributed by atoms with Gasteiger partial charge in [0.25, 0.3) is 0 Å². The first-order valence-electron chi connectivity index (χ1n) is 6.80. The van der Waals surface area contributed by atoms with Crippen LogP contribution in [0, 0.1) is 5.82 Å². The number of rotatable bonds is 3. The van der Waals surface area contributed by atoms with Gasteiger partial charge in [-0.2, -0.15) is 0 Å². The number of nitrogens with zero attached hydrogens (tertiary/aromatic N) is 1. The zero-order chi connectivity index (χ0) is 13.1. The van der Waals surface area contributed by atoms with Crippen LogP contribution in [0.5, 0.6) is 0 Å². The van der Waals surface area contributed by atoms with E-state index in [-0.39, 0.29) is 5.82 Å². The molecule has 1 fully saturated rings. The van der Waals surface area contributed by atoms with Crippen LogP contribution in [0.3, 0.4) is 0 Å². The van der Waals surface area contributed by atoms with Gasteiger partial charge in [0, 0.05) is 13.1 Å². The monoisotopic (exact) mass is 251 g/mol. The van der Waals surface area contributed by atoms with Gasteiger partial charge >= 0.3 is 0 Å². The Hall–Kier alpha value is -1.09. The summed E-state index contributed by atoms with van der Waals surface area (Å²) in [7, 11) is 1.97. The van der Waals surface area contributed by atoms with E-state index in [0.29, 0.717) is 17.3 Å². The quantitative estimate of drug-likeness (QED) is 0.886. The van der Waals surface area contributed by atoms with Crippen LogP contribution in [-0.4, -0.2) is 18.2 Å². The van der Waals surface area contributed by atoms with Crippen LogP contribution in [0.25, 0.3) is 0 Å². The Morgan fingerprint density at radius 2 is 1.94 bits per heavy atom. The lowest BCUT2D eigenvalue weighted by atomic mass is 9.94. The molecule has 3 heteroatoms. The Balaban J connectivity index is 2.16. The van der Waals surface area contributed by atoms with Crippen molar-refractivity contribution in [3.8, 4) is 0 Å². The first kappa shape index (κ1) is 13.3. The highest BCUT2D eigenvalue weighted by Crippen LogP contribution is 2.29. The van der Waals surface area contributed by atoms with E-state index in [4.69, 9.17) is 0 Å². The fourth-order valence-electron chi connectivity index (χ4n) is 2.73. The summed E-state index contributed by atoms with van der Waals surface area (Å²) in [5, 5.41) is 9.45. The zero-order valence-corrected chi connectivity index (χ0v) is 11.2. The summed E-state index contributed by atoms with van der Waals surface area (Å²) in [5.41, 5.74) is 1.28. The minimum atomic E-state index is -0.617. The summed E-state index contributed by atoms with van der Waals surface area (Å²) >= 11 is 0. The molecule has 0 radical (unpaired) electrons. The lowest BCUT2D eigenvalue weighted by Crippen LogP contribution is -2.33. The SMILES string of the molecule is C[C@@H](O)c1ccc(N(C)C2CCCCC2)c(F)c1. The molecule has 0 spiro atoms. The van der Waals surface area contributed by atoms with Crippen molar-refractivity contribution in [2.75, 3.05) is 11.9 Å². The van der Waals surface area contributed by atoms with E-state index in [1.807, 2.05) is 13.1 Å². The van der Waals surface area contributed by atoms with Gasteiger partial charge in [0.1, 0.15) is 5.82 Å². The van der Waals surface area contributed by atoms with Crippen LogP contribution >= 0.6 is 0 Å². The van der Waals surface area contributed by atoms with Gasteiger partial charge < -0.3 is 10.0 Å². The number of halogens is 1. The fourth-order valence-corrected chi connectivity index (χ4v) is 2.73. The molecule has 0 saturated heterocycles. The highest BCUT2D eigenvalue weighted by molar-refractivity contribution is 5.49. The van der Waals surface area contributed by atoms with Crippen molar-refractivity contribution < 1.29 is 9.50 Å². The Morgan fingerprint density at radius 3 is 2.50 bits per heavy atom. The molecule has 2 nitrogen and oxygen atoms in total. The normalized spacial score (nSPS) is 18.7. The van der Waals surface area contributed by atoms with Crippen LogP contribution in [0.2, 0.25) is 0 Å². The Kier molecular flexibility index (Phi) is 4.23. The van der Waals surface area contributed by atoms with Gasteiger partial charge in [0.15, 0.2) is 0 Å². The minimum absolute atomic E-state index is 0.235. The molecule has 1 atom stereocenters. The molecular formula is C15H22FNO. The van der Waals surface area contributed by atoms with Crippen LogP contribution in [-0.2, 0) is 0 Å². The maximum absolute atomic E-state index is 14.1. The molecule has 0 heterocycles. The molecule has 1 aromatic rings. The fraction of sp³-hybridized carbons (Fsp3) is 0.600. The topological polar surface area (TPSA) is 23.5 Å². The van der Waals surface area contributed by atoms with Crippen molar-refractivity contribution in [3.63, 3.8) is 0 Å². The number of anilines is 1. The van der Waals surface area contributed by atoms with E-state index in [2.05, 4.69) is 4.90 Å². The summed E-state index contributed by atoms with van der Waals surface area (Å²) in [6.07, 6.45) is 5.45. The maximum atomic E-state index is 14.1. The van der Waals surface area contributed by atoms with E-state index in [1.54, 1.807) is 13.0 Å². The van der Waals surface area contributed by atoms with E-state index < -0.39 is 6.10 Å². The van der Waals surface area contributed by atoms with Crippen molar-refractivity contribution in [3.05, 3.63) is 29.6 Å². The van der Waals surface area contributed by atoms with Gasteiger partial charge in [-0.15, -0.1) is 0 Å². The Bertz CT molecular complexity index is 399. The summed E-state index contributed by atoms with van der Waals surface area (Å²) in [4.78, 5) is 2.06. The number of benzene rings is 1. The second-order valence-corrected chi connectivity index (χ2v) is 5.29. The lowest BCUT2D eigenvalue weighted by Gasteiger charge is -2.33. The first-order chi connectivity index (χ1) is 8.59. The van der Waals surface area contributed by atoms with Gasteiger partial charge in [0.2, 0.25) is 0 Å². The van der Waals surface area contributed by atoms with Crippen molar-refractivity contribution in [2.45, 2.75) is 51.2 Å². The summed E-state index contributed by atoms with van der Waals surface area (Å²) in [6, 6.07) is 5.49. The molecule has 0 amide bonds. The van der Waals surface area contributed by atoms with Crippen LogP contribution < -0.4 is 4.90 Å². The van der Waals surface area contributed by atoms with Crippen LogP contribution in [0.1, 0.15) is 50.7 Å². The molecule has 18 heavy (non-hydrogen) atoms. The molecule has 0 bridgehead atoms. The lowest BCUT2D eigenvalue weighted by molar-refractivity contribution is 0.199. The van der Waals surface area contributed by atoms with E-state index in [9.17, 15) is 9.50 Å². The van der Waals surface area contributed by atoms with Crippen LogP contribution in [0.4, 0.5) is 10.1 Å². The standard InChI is InChI=1S/C15H22FNO/c1-11(18)12-8-9-15(14(16)10-12)17(2)13-6-4-3-5-7-13/h8-11,13,18H,3-7H2,1-2H3/t11-/m1/s1. The molecule has 1 aliphatic carbocycles. The molecule has 100 valence electrons. The van der Waals surface area contributed by atoms with Crippen molar-refractivity contribution in [1.82, 2.24) is 0 Å². The second-order valence-electron chi connectivity index (χ2n) is 5.29. The summed E-state index contributed by atoms with van der Waals surface area (Å²) in [6.45, 7) is 1.65. The molecule has 1 aliphatic rings. The predicted octanol–water partition coefficient (Wildman–Crippen LogP) is 3.65. The molecule has 2 rings (SSSR count). The van der Waals surface area contributed by atoms with Crippen molar-refractivity contribution in [2.24, 2.45) is 0 Å². The molecule has 0 unspecified atom stereocenters. The Labute approximate surface area is 108 Å². The molecule has 1 aromatic carbocycles. The van der Waals surface area contributed by atoms with Crippen molar-refractivity contribution in [1.29, 1.82) is 0 Å². The molecule has 0 aliphatic heterocycles. The van der Waals surface area contributed by atoms with Gasteiger partial charge in [-0.1, -0.05) is 25.3 Å². The number of hydrogen-bond donors (Lipinski definition) is 1. The Morgan fingerprint density at radius 1 is 1.28 bits per heavy atom. The molecular weight excluding hydrogens is 229 g/mol. The average Bonchev–Trinajstić information content (AvgIpc) is 2.38. The minimum Gasteiger partial charge on any atom is -0.389 e. The average molecular weight is 251 g/mol. The summed E-state index contributed by atoms with van der Waals surface area (Å²) < 4.78 is 14.1. The maximum Gasteiger partial charge on any atom is 0.146 e. The molecule has 0 aromatic heterocycles. The van der Waals surface area contributed by atoms with E-state index in [1.165, 1.54) is 25.3 Å². The third-order valence-corrected chi connectivity index (χ3v) is 3.96. The molecule has 1 saturated carbocycles. The van der Waals surface area contributed by atoms with Gasteiger partial charge in [-0.3, -0.25) is 0 Å². The summed E-state index contributed by atoms with van der Waals surface area (Å²) in [5.74, 6) is -0.235. The third-order valence-electron chi connectivity index (χ3n) is 3.96. The second kappa shape index (κ2) is 5.70. The van der Waals surface area contributed by atoms with Gasteiger partial charge in [-0.05, 0) is 37.5 Å². The van der Waals surface area contributed by atoms with Gasteiger partial charge in [-0.25, -0.2) is 4.39 Å². The third kappa shape index (κ3) is 2.83. The number of aliphatic hydroxyl groups excluding tert-OH is 1. The van der Waals surface area contributed by atoms with E-state index >= 15 is 0 Å². The van der Waals surface area contributed by atoms with Gasteiger partial charge in [0.05, 0.1) is 11.8 Å². The smallest absolute Gasteiger partial charge is 0.146 e. The van der Waals surface area contributed by atoms with Crippen LogP contribution in [0.15, 0.2) is 18.2 Å². The number of hydrogen-bond acceptors (Lipinski definition) is 2. The van der Waals surface area contributed by atoms with Crippen molar-refractivity contribution >= 4 is 5.69 Å². The predicted molar refractivity (Wildman–Crippen MR) is 72.3 cm³/mol. The number of aliphatic hydroxyl groups is 1. The first-order valence-corrected chi connectivity index (χ1v) is 6.80.